The zero-order valence-electron chi connectivity index (χ0n) is 17.8. The van der Waals surface area contributed by atoms with E-state index in [2.05, 4.69) is 4.89 Å². The van der Waals surface area contributed by atoms with Gasteiger partial charge in [0.25, 0.3) is 0 Å². The van der Waals surface area contributed by atoms with Crippen LogP contribution in [0, 0.1) is 23.7 Å². The van der Waals surface area contributed by atoms with Gasteiger partial charge in [-0.1, -0.05) is 0 Å². The first-order valence-electron chi connectivity index (χ1n) is 10.5. The molecule has 2 fully saturated rings. The fraction of sp³-hybridized carbons (Fsp3) is 0.895. The van der Waals surface area contributed by atoms with Crippen LogP contribution in [0.5, 0.6) is 0 Å². The molecule has 16 heteroatoms. The van der Waals surface area contributed by atoms with Crippen LogP contribution in [0.3, 0.4) is 0 Å². The Morgan fingerprint density at radius 1 is 0.629 bits per heavy atom. The van der Waals surface area contributed by atoms with Gasteiger partial charge >= 0.3 is 11.9 Å². The maximum Gasteiger partial charge on any atom is 0.311 e. The van der Waals surface area contributed by atoms with E-state index in [4.69, 9.17) is 113 Å². The van der Waals surface area contributed by atoms with Crippen LogP contribution >= 0.6 is 92.8 Å². The van der Waals surface area contributed by atoms with Gasteiger partial charge in [-0.2, -0.15) is 0 Å². The summed E-state index contributed by atoms with van der Waals surface area (Å²) in [5.74, 6) is -5.69. The maximum absolute atomic E-state index is 12.6. The van der Waals surface area contributed by atoms with Gasteiger partial charge in [-0.3, -0.25) is 14.8 Å². The minimum atomic E-state index is -1.36. The summed E-state index contributed by atoms with van der Waals surface area (Å²) in [7, 11) is 0. The van der Waals surface area contributed by atoms with Crippen molar-refractivity contribution in [3.8, 4) is 0 Å². The lowest BCUT2D eigenvalue weighted by molar-refractivity contribution is -0.309. The molecule has 0 aliphatic heterocycles. The second-order valence-electron chi connectivity index (χ2n) is 8.20. The van der Waals surface area contributed by atoms with E-state index < -0.39 is 78.6 Å². The number of carbonyl (C=O) groups excluding carboxylic acids is 1. The summed E-state index contributed by atoms with van der Waals surface area (Å²) in [5, 5.41) is 11.8. The van der Waals surface area contributed by atoms with Crippen LogP contribution in [0.4, 0.5) is 0 Å². The number of aliphatic carboxylic acids is 1. The number of ether oxygens (including phenoxy) is 1. The molecule has 0 aromatic carbocycles. The van der Waals surface area contributed by atoms with Gasteiger partial charge in [0.2, 0.25) is 0 Å². The lowest BCUT2D eigenvalue weighted by atomic mass is 9.78. The van der Waals surface area contributed by atoms with E-state index in [0.29, 0.717) is 0 Å². The Kier molecular flexibility index (Phi) is 13.9. The minimum Gasteiger partial charge on any atom is -0.481 e. The van der Waals surface area contributed by atoms with Crippen LogP contribution < -0.4 is 0 Å². The van der Waals surface area contributed by atoms with E-state index in [1.165, 1.54) is 0 Å². The van der Waals surface area contributed by atoms with Gasteiger partial charge in [-0.25, -0.2) is 14.7 Å². The fourth-order valence-corrected chi connectivity index (χ4v) is 7.38. The highest BCUT2D eigenvalue weighted by Crippen LogP contribution is 2.44. The third-order valence-electron chi connectivity index (χ3n) is 6.05. The van der Waals surface area contributed by atoms with E-state index in [9.17, 15) is 14.7 Å². The average molecular weight is 664 g/mol. The molecule has 2 aliphatic rings. The summed E-state index contributed by atoms with van der Waals surface area (Å²) in [6.07, 6.45) is 0.216. The molecule has 2 aliphatic carbocycles. The molecule has 35 heavy (non-hydrogen) atoms. The summed E-state index contributed by atoms with van der Waals surface area (Å²) < 4.78 is 5.17. The third-order valence-corrected chi connectivity index (χ3v) is 11.3. The molecule has 0 saturated heterocycles. The number of carboxylic acid groups (broad SMARTS) is 1. The molecule has 0 spiro atoms. The lowest BCUT2D eigenvalue weighted by Crippen LogP contribution is -2.55. The van der Waals surface area contributed by atoms with E-state index in [1.54, 1.807) is 0 Å². The lowest BCUT2D eigenvalue weighted by Gasteiger charge is -2.42. The molecule has 2 rings (SSSR count). The second-order valence-corrected chi connectivity index (χ2v) is 12.2. The second kappa shape index (κ2) is 15.0. The van der Waals surface area contributed by atoms with Gasteiger partial charge in [0.15, 0.2) is 0 Å². The van der Waals surface area contributed by atoms with Gasteiger partial charge in [0, 0.05) is 18.3 Å². The molecule has 0 aromatic heterocycles. The SMILES string of the molecule is O=C(O)C1C(Cl)C(Cl)C(Cl)C(Cl)C1C(=O)OCCCOOCC1C(Cl)C(Cl)C(Cl)C(Cl)C1COO. The van der Waals surface area contributed by atoms with Gasteiger partial charge in [-0.05, 0) is 0 Å². The van der Waals surface area contributed by atoms with Crippen LogP contribution in [0.1, 0.15) is 6.42 Å². The third kappa shape index (κ3) is 7.83. The van der Waals surface area contributed by atoms with Crippen molar-refractivity contribution in [2.45, 2.75) is 49.4 Å². The van der Waals surface area contributed by atoms with E-state index >= 15 is 0 Å². The van der Waals surface area contributed by atoms with Crippen LogP contribution in [-0.4, -0.2) is 91.7 Å². The highest BCUT2D eigenvalue weighted by atomic mass is 35.5. The Labute approximate surface area is 242 Å². The molecule has 204 valence electrons. The first kappa shape index (κ1) is 32.3. The van der Waals surface area contributed by atoms with E-state index in [0.717, 1.165) is 0 Å². The minimum absolute atomic E-state index is 0.0118. The normalized spacial score (nSPS) is 42.0. The summed E-state index contributed by atoms with van der Waals surface area (Å²) >= 11 is 49.7. The summed E-state index contributed by atoms with van der Waals surface area (Å²) in [6.45, 7) is -0.214. The smallest absolute Gasteiger partial charge is 0.311 e. The van der Waals surface area contributed by atoms with E-state index in [1.807, 2.05) is 0 Å². The first-order chi connectivity index (χ1) is 16.4. The predicted molar refractivity (Wildman–Crippen MR) is 135 cm³/mol. The van der Waals surface area contributed by atoms with Gasteiger partial charge in [-0.15, -0.1) is 92.8 Å². The molecular formula is C19H24Cl8O8. The molecule has 2 saturated carbocycles. The van der Waals surface area contributed by atoms with Crippen molar-refractivity contribution in [3.63, 3.8) is 0 Å². The average Bonchev–Trinajstić information content (AvgIpc) is 2.82. The van der Waals surface area contributed by atoms with Crippen molar-refractivity contribution in [1.29, 1.82) is 0 Å². The number of esters is 1. The first-order valence-corrected chi connectivity index (χ1v) is 14.0. The standard InChI is InChI=1S/C19H24Cl8O8/c20-10-6(4-33-31)7(11(21)15(25)14(10)24)5-35-34-3-1-2-32-19(30)9-8(18(28)29)12(22)16(26)17(27)13(9)23/h6-17,31H,1-5H2,(H,28,29). The Morgan fingerprint density at radius 3 is 1.63 bits per heavy atom. The number of carbonyl (C=O) groups is 2. The molecule has 2 N–H and O–H groups in total. The van der Waals surface area contributed by atoms with Crippen molar-refractivity contribution in [1.82, 2.24) is 0 Å². The van der Waals surface area contributed by atoms with Gasteiger partial charge < -0.3 is 9.84 Å². The largest absolute Gasteiger partial charge is 0.481 e. The number of hydrogen-bond donors (Lipinski definition) is 2. The zero-order valence-corrected chi connectivity index (χ0v) is 23.9. The maximum atomic E-state index is 12.6. The van der Waals surface area contributed by atoms with Crippen LogP contribution in [0.25, 0.3) is 0 Å². The van der Waals surface area contributed by atoms with Crippen LogP contribution in [0.15, 0.2) is 0 Å². The highest BCUT2D eigenvalue weighted by molar-refractivity contribution is 6.40. The molecule has 12 atom stereocenters. The monoisotopic (exact) mass is 660 g/mol. The summed E-state index contributed by atoms with van der Waals surface area (Å²) in [5.41, 5.74) is 0. The number of rotatable bonds is 11. The molecule has 0 aromatic rings. The zero-order chi connectivity index (χ0) is 26.4. The molecule has 12 unspecified atom stereocenters. The van der Waals surface area contributed by atoms with Gasteiger partial charge in [0.05, 0.1) is 81.3 Å². The van der Waals surface area contributed by atoms with Crippen molar-refractivity contribution in [2.75, 3.05) is 26.4 Å². The molecule has 0 radical (unpaired) electrons. The number of alkyl halides is 8. The van der Waals surface area contributed by atoms with Crippen molar-refractivity contribution >= 4 is 105 Å². The summed E-state index contributed by atoms with van der Waals surface area (Å²) in [6, 6.07) is 0. The Hall–Kier alpha value is 1.10. The number of halogens is 8. The molecule has 0 amide bonds. The Balaban J connectivity index is 1.79. The quantitative estimate of drug-likeness (QED) is 0.107. The van der Waals surface area contributed by atoms with E-state index in [-0.39, 0.29) is 32.8 Å². The van der Waals surface area contributed by atoms with Crippen LogP contribution in [0.2, 0.25) is 0 Å². The fourth-order valence-electron chi connectivity index (χ4n) is 4.10. The molecular weight excluding hydrogens is 640 g/mol. The molecule has 0 heterocycles. The van der Waals surface area contributed by atoms with Crippen molar-refractivity contribution < 1.29 is 39.4 Å². The summed E-state index contributed by atoms with van der Waals surface area (Å²) in [4.78, 5) is 38.8. The number of hydrogen-bond acceptors (Lipinski definition) is 7. The Bertz CT molecular complexity index is 708. The number of carboxylic acids is 1. The highest BCUT2D eigenvalue weighted by Gasteiger charge is 2.55. The van der Waals surface area contributed by atoms with Crippen molar-refractivity contribution in [2.24, 2.45) is 23.7 Å². The van der Waals surface area contributed by atoms with Gasteiger partial charge in [0.1, 0.15) is 0 Å². The molecule has 0 bridgehead atoms. The Morgan fingerprint density at radius 2 is 1.11 bits per heavy atom. The van der Waals surface area contributed by atoms with Crippen molar-refractivity contribution in [3.05, 3.63) is 0 Å². The molecule has 8 nitrogen and oxygen atoms in total. The predicted octanol–water partition coefficient (Wildman–Crippen LogP) is 4.79. The topological polar surface area (TPSA) is 112 Å². The van der Waals surface area contributed by atoms with Crippen LogP contribution in [-0.2, 0) is 29.0 Å².